The van der Waals surface area contributed by atoms with Gasteiger partial charge in [-0.25, -0.2) is 22.0 Å². The van der Waals surface area contributed by atoms with Crippen molar-refractivity contribution < 1.29 is 22.0 Å². The maximum atomic E-state index is 12.3. The molecule has 6 heteroatoms. The summed E-state index contributed by atoms with van der Waals surface area (Å²) in [6, 6.07) is 12.0. The number of hydrogen-bond donors (Lipinski definition) is 0. The van der Waals surface area contributed by atoms with Gasteiger partial charge in [-0.3, -0.25) is 0 Å². The average Bonchev–Trinajstić information content (AvgIpc) is 2.43. The van der Waals surface area contributed by atoms with Crippen LogP contribution < -0.4 is 0 Å². The van der Waals surface area contributed by atoms with Gasteiger partial charge in [-0.2, -0.15) is 0 Å². The van der Waals surface area contributed by atoms with Crippen molar-refractivity contribution in [1.29, 1.82) is 0 Å². The Balaban J connectivity index is 0.000000225. The van der Waals surface area contributed by atoms with Crippen LogP contribution in [-0.2, 0) is 0 Å². The van der Waals surface area contributed by atoms with Gasteiger partial charge in [-0.05, 0) is 0 Å². The monoisotopic (exact) mass is 280 g/mol. The van der Waals surface area contributed by atoms with E-state index in [1.165, 1.54) is 0 Å². The van der Waals surface area contributed by atoms with Gasteiger partial charge in [0.1, 0.15) is 5.02 Å². The van der Waals surface area contributed by atoms with Crippen LogP contribution in [0.1, 0.15) is 0 Å². The minimum absolute atomic E-state index is 1.40. The second kappa shape index (κ2) is 6.35. The van der Waals surface area contributed by atoms with Gasteiger partial charge in [0.05, 0.1) is 0 Å². The van der Waals surface area contributed by atoms with Crippen LogP contribution >= 0.6 is 11.6 Å². The molecule has 0 aliphatic carbocycles. The first-order valence-corrected chi connectivity index (χ1v) is 5.01. The third-order valence-electron chi connectivity index (χ3n) is 1.82. The molecule has 0 spiro atoms. The van der Waals surface area contributed by atoms with Gasteiger partial charge in [0.2, 0.25) is 5.82 Å². The van der Waals surface area contributed by atoms with Crippen molar-refractivity contribution in [3.05, 3.63) is 70.5 Å². The first kappa shape index (κ1) is 14.4. The standard InChI is InChI=1S/C6ClF5.C6H6/c7-1-2(8)4(10)6(12)5(11)3(1)9;1-2-4-6-5-3-1/h;1-6H. The molecule has 0 nitrogen and oxygen atoms in total. The van der Waals surface area contributed by atoms with Crippen molar-refractivity contribution in [3.63, 3.8) is 0 Å². The highest BCUT2D eigenvalue weighted by atomic mass is 35.5. The average molecular weight is 281 g/mol. The van der Waals surface area contributed by atoms with E-state index in [0.29, 0.717) is 0 Å². The molecule has 0 saturated carbocycles. The molecule has 18 heavy (non-hydrogen) atoms. The Labute approximate surface area is 105 Å². The van der Waals surface area contributed by atoms with Crippen molar-refractivity contribution in [2.24, 2.45) is 0 Å². The van der Waals surface area contributed by atoms with Crippen molar-refractivity contribution in [3.8, 4) is 0 Å². The molecule has 2 aromatic rings. The fourth-order valence-corrected chi connectivity index (χ4v) is 1.13. The highest BCUT2D eigenvalue weighted by Gasteiger charge is 2.24. The number of benzene rings is 2. The zero-order valence-electron chi connectivity index (χ0n) is 8.73. The highest BCUT2D eigenvalue weighted by molar-refractivity contribution is 6.30. The summed E-state index contributed by atoms with van der Waals surface area (Å²) in [4.78, 5) is 0. The van der Waals surface area contributed by atoms with E-state index in [1.807, 2.05) is 36.4 Å². The predicted molar refractivity (Wildman–Crippen MR) is 57.7 cm³/mol. The Morgan fingerprint density at radius 1 is 0.500 bits per heavy atom. The molecular formula is C12H6ClF5. The molecule has 2 rings (SSSR count). The summed E-state index contributed by atoms with van der Waals surface area (Å²) in [5.41, 5.74) is 0. The van der Waals surface area contributed by atoms with E-state index in [4.69, 9.17) is 11.6 Å². The van der Waals surface area contributed by atoms with Crippen LogP contribution in [0.5, 0.6) is 0 Å². The Kier molecular flexibility index (Phi) is 5.09. The third kappa shape index (κ3) is 3.20. The maximum Gasteiger partial charge on any atom is 0.200 e. The van der Waals surface area contributed by atoms with Gasteiger partial charge in [-0.1, -0.05) is 48.0 Å². The van der Waals surface area contributed by atoms with Crippen molar-refractivity contribution >= 4 is 11.6 Å². The van der Waals surface area contributed by atoms with Gasteiger partial charge in [0.25, 0.3) is 0 Å². The molecule has 0 N–H and O–H groups in total. The van der Waals surface area contributed by atoms with E-state index in [0.717, 1.165) is 0 Å². The summed E-state index contributed by atoms with van der Waals surface area (Å²) in [5.74, 6) is -10.3. The summed E-state index contributed by atoms with van der Waals surface area (Å²) < 4.78 is 61.1. The smallest absolute Gasteiger partial charge is 0.200 e. The Morgan fingerprint density at radius 3 is 1.00 bits per heavy atom. The lowest BCUT2D eigenvalue weighted by Gasteiger charge is -2.00. The van der Waals surface area contributed by atoms with Crippen LogP contribution in [0.2, 0.25) is 5.02 Å². The molecule has 0 aromatic heterocycles. The molecular weight excluding hydrogens is 275 g/mol. The molecule has 0 fully saturated rings. The SMILES string of the molecule is Fc1c(F)c(F)c(Cl)c(F)c1F.c1ccccc1. The Morgan fingerprint density at radius 2 is 0.722 bits per heavy atom. The molecule has 0 amide bonds. The van der Waals surface area contributed by atoms with Crippen molar-refractivity contribution in [2.75, 3.05) is 0 Å². The van der Waals surface area contributed by atoms with Crippen LogP contribution in [0.15, 0.2) is 36.4 Å². The van der Waals surface area contributed by atoms with Gasteiger partial charge in [0.15, 0.2) is 23.3 Å². The largest absolute Gasteiger partial charge is 0.202 e. The molecule has 0 aliphatic rings. The second-order valence-corrected chi connectivity index (χ2v) is 3.42. The van der Waals surface area contributed by atoms with Gasteiger partial charge >= 0.3 is 0 Å². The van der Waals surface area contributed by atoms with Gasteiger partial charge in [0, 0.05) is 0 Å². The highest BCUT2D eigenvalue weighted by Crippen LogP contribution is 2.26. The second-order valence-electron chi connectivity index (χ2n) is 3.04. The van der Waals surface area contributed by atoms with E-state index in [9.17, 15) is 22.0 Å². The van der Waals surface area contributed by atoms with Crippen molar-refractivity contribution in [2.45, 2.75) is 0 Å². The van der Waals surface area contributed by atoms with Crippen LogP contribution in [0.3, 0.4) is 0 Å². The lowest BCUT2D eigenvalue weighted by Crippen LogP contribution is -2.00. The third-order valence-corrected chi connectivity index (χ3v) is 2.15. The topological polar surface area (TPSA) is 0 Å². The summed E-state index contributed by atoms with van der Waals surface area (Å²) >= 11 is 4.76. The Hall–Kier alpha value is -1.62. The molecule has 0 radical (unpaired) electrons. The number of hydrogen-bond acceptors (Lipinski definition) is 0. The normalized spacial score (nSPS) is 9.67. The van der Waals surface area contributed by atoms with E-state index >= 15 is 0 Å². The molecule has 2 aromatic carbocycles. The first-order chi connectivity index (χ1) is 8.46. The summed E-state index contributed by atoms with van der Waals surface area (Å²) in [5, 5.41) is -1.40. The van der Waals surface area contributed by atoms with Gasteiger partial charge in [-0.15, -0.1) is 0 Å². The zero-order valence-corrected chi connectivity index (χ0v) is 9.49. The molecule has 0 unspecified atom stereocenters. The van der Waals surface area contributed by atoms with Crippen LogP contribution in [-0.4, -0.2) is 0 Å². The van der Waals surface area contributed by atoms with Crippen LogP contribution in [0.4, 0.5) is 22.0 Å². The van der Waals surface area contributed by atoms with Crippen LogP contribution in [0.25, 0.3) is 0 Å². The quantitative estimate of drug-likeness (QED) is 0.372. The molecule has 0 atom stereocenters. The fraction of sp³-hybridized carbons (Fsp3) is 0. The van der Waals surface area contributed by atoms with E-state index in [1.54, 1.807) is 0 Å². The predicted octanol–water partition coefficient (Wildman–Crippen LogP) is 4.72. The molecule has 0 heterocycles. The summed E-state index contributed by atoms with van der Waals surface area (Å²) in [6.07, 6.45) is 0. The van der Waals surface area contributed by atoms with E-state index in [-0.39, 0.29) is 0 Å². The number of rotatable bonds is 0. The molecule has 0 bridgehead atoms. The first-order valence-electron chi connectivity index (χ1n) is 4.63. The molecule has 0 saturated heterocycles. The van der Waals surface area contributed by atoms with Gasteiger partial charge < -0.3 is 0 Å². The molecule has 96 valence electrons. The van der Waals surface area contributed by atoms with Crippen molar-refractivity contribution in [1.82, 2.24) is 0 Å². The van der Waals surface area contributed by atoms with E-state index in [2.05, 4.69) is 0 Å². The molecule has 0 aliphatic heterocycles. The minimum Gasteiger partial charge on any atom is -0.202 e. The van der Waals surface area contributed by atoms with E-state index < -0.39 is 34.1 Å². The lowest BCUT2D eigenvalue weighted by molar-refractivity contribution is 0.379. The Bertz CT molecular complexity index is 396. The summed E-state index contributed by atoms with van der Waals surface area (Å²) in [6.45, 7) is 0. The maximum absolute atomic E-state index is 12.3. The fourth-order valence-electron chi connectivity index (χ4n) is 0.963. The zero-order chi connectivity index (χ0) is 13.7. The minimum atomic E-state index is -2.21. The number of halogens is 6. The van der Waals surface area contributed by atoms with Crippen LogP contribution in [0, 0.1) is 29.1 Å². The summed E-state index contributed by atoms with van der Waals surface area (Å²) in [7, 11) is 0. The lowest BCUT2D eigenvalue weighted by atomic mass is 10.3.